The first-order chi connectivity index (χ1) is 32.5. The molecule has 5 aromatic heterocycles. The summed E-state index contributed by atoms with van der Waals surface area (Å²) < 4.78 is 7.69. The Labute approximate surface area is 387 Å². The van der Waals surface area contributed by atoms with E-state index < -0.39 is 0 Å². The fourth-order valence-corrected chi connectivity index (χ4v) is 12.3. The molecule has 0 unspecified atom stereocenters. The van der Waals surface area contributed by atoms with Gasteiger partial charge in [0.15, 0.2) is 0 Å². The first kappa shape index (κ1) is 37.4. The van der Waals surface area contributed by atoms with Crippen LogP contribution < -0.4 is 0 Å². The van der Waals surface area contributed by atoms with Crippen molar-refractivity contribution in [3.63, 3.8) is 0 Å². The molecule has 0 aliphatic rings. The highest BCUT2D eigenvalue weighted by Gasteiger charge is 2.29. The lowest BCUT2D eigenvalue weighted by Gasteiger charge is -2.19. The summed E-state index contributed by atoms with van der Waals surface area (Å²) in [6, 6.07) is 67.1. The number of nitrogens with zero attached hydrogens (tertiary/aromatic N) is 3. The molecule has 0 spiro atoms. The van der Waals surface area contributed by atoms with Crippen LogP contribution in [0.2, 0.25) is 0 Å². The minimum absolute atomic E-state index is 0.0255. The maximum Gasteiger partial charge on any atom is 0.0626 e. The summed E-state index contributed by atoms with van der Waals surface area (Å²) in [7, 11) is 0. The van der Waals surface area contributed by atoms with Crippen molar-refractivity contribution >= 4 is 120 Å². The molecule has 3 heteroatoms. The van der Waals surface area contributed by atoms with Crippen LogP contribution in [0.4, 0.5) is 0 Å². The third-order valence-corrected chi connectivity index (χ3v) is 15.5. The van der Waals surface area contributed by atoms with Crippen LogP contribution in [0.5, 0.6) is 0 Å². The van der Waals surface area contributed by atoms with Gasteiger partial charge in [0, 0.05) is 70.5 Å². The molecule has 0 saturated carbocycles. The van der Waals surface area contributed by atoms with Crippen LogP contribution >= 0.6 is 0 Å². The van der Waals surface area contributed by atoms with Crippen molar-refractivity contribution in [2.75, 3.05) is 0 Å². The zero-order valence-electron chi connectivity index (χ0n) is 38.6. The zero-order chi connectivity index (χ0) is 44.8. The normalized spacial score (nSPS) is 13.2. The zero-order valence-corrected chi connectivity index (χ0v) is 38.6. The van der Waals surface area contributed by atoms with Crippen molar-refractivity contribution in [2.24, 2.45) is 0 Å². The van der Waals surface area contributed by atoms with Crippen LogP contribution in [0.1, 0.15) is 52.7 Å². The van der Waals surface area contributed by atoms with Gasteiger partial charge in [0.25, 0.3) is 0 Å². The topological polar surface area (TPSA) is 13.8 Å². The van der Waals surface area contributed by atoms with Gasteiger partial charge in [0.1, 0.15) is 0 Å². The predicted molar refractivity (Wildman–Crippen MR) is 288 cm³/mol. The van der Waals surface area contributed by atoms with E-state index in [4.69, 9.17) is 0 Å². The van der Waals surface area contributed by atoms with E-state index in [0.29, 0.717) is 0 Å². The quantitative estimate of drug-likeness (QED) is 0.164. The van der Waals surface area contributed by atoms with Gasteiger partial charge in [-0.1, -0.05) is 145 Å². The average molecular weight is 858 g/mol. The highest BCUT2D eigenvalue weighted by molar-refractivity contribution is 6.33. The van der Waals surface area contributed by atoms with Gasteiger partial charge in [-0.05, 0) is 116 Å². The van der Waals surface area contributed by atoms with Crippen LogP contribution in [0, 0.1) is 0 Å². The molecule has 0 amide bonds. The molecule has 10 aromatic carbocycles. The standard InChI is InChI=1S/C64H47N3/c1-63(2,3)39-30-50-45-26-24-36-16-10-13-21-43(36)59(45)66-56-34-48-52-32-40(64(4,5)6)33-53-49-28-37-17-11-12-20-42(37)58(62(49)67(61(52)53)57(48)35-47(56)51(31-39)60(50)66)38-25-27-55-46(29-38)44-22-14-15-23-54(44)65(55)41-18-8-7-9-19-41/h7-35H,1-6H3. The van der Waals surface area contributed by atoms with Crippen molar-refractivity contribution in [1.82, 2.24) is 13.4 Å². The first-order valence-electron chi connectivity index (χ1n) is 23.8. The molecular formula is C64H47N3. The molecule has 0 bridgehead atoms. The monoisotopic (exact) mass is 857 g/mol. The van der Waals surface area contributed by atoms with E-state index in [1.807, 2.05) is 0 Å². The SMILES string of the molecule is CC(C)(C)c1cc2c3cc4c(cc3n3c5c(-c6ccc7c(c6)c6ccccc6n7-c6ccccc6)c6ccccc6cc5c(c1)c23)c1cc(C(C)(C)C)cc2c3ccc5ccccc5c3n4c12. The van der Waals surface area contributed by atoms with Gasteiger partial charge in [-0.15, -0.1) is 0 Å². The Balaban J connectivity index is 1.14. The second kappa shape index (κ2) is 12.5. The van der Waals surface area contributed by atoms with E-state index >= 15 is 0 Å². The van der Waals surface area contributed by atoms with Gasteiger partial charge < -0.3 is 13.4 Å². The summed E-state index contributed by atoms with van der Waals surface area (Å²) >= 11 is 0. The average Bonchev–Trinajstić information content (AvgIpc) is 4.12. The molecule has 318 valence electrons. The molecule has 0 aliphatic heterocycles. The van der Waals surface area contributed by atoms with E-state index in [9.17, 15) is 0 Å². The molecule has 0 saturated heterocycles. The Bertz CT molecular complexity index is 4620. The van der Waals surface area contributed by atoms with Crippen molar-refractivity contribution in [3.05, 3.63) is 187 Å². The molecule has 0 atom stereocenters. The van der Waals surface area contributed by atoms with E-state index in [2.05, 4.69) is 231 Å². The summed E-state index contributed by atoms with van der Waals surface area (Å²) in [5, 5.41) is 18.1. The highest BCUT2D eigenvalue weighted by atomic mass is 15.0. The minimum atomic E-state index is -0.0580. The van der Waals surface area contributed by atoms with Gasteiger partial charge >= 0.3 is 0 Å². The molecule has 67 heavy (non-hydrogen) atoms. The molecule has 0 radical (unpaired) electrons. The fourth-order valence-electron chi connectivity index (χ4n) is 12.3. The molecule has 5 heterocycles. The Morgan fingerprint density at radius 2 is 0.791 bits per heavy atom. The summed E-state index contributed by atoms with van der Waals surface area (Å²) in [4.78, 5) is 0. The number of aromatic nitrogens is 3. The number of hydrogen-bond donors (Lipinski definition) is 0. The van der Waals surface area contributed by atoms with Crippen LogP contribution in [-0.2, 0) is 10.8 Å². The van der Waals surface area contributed by atoms with E-state index in [1.54, 1.807) is 0 Å². The van der Waals surface area contributed by atoms with E-state index in [-0.39, 0.29) is 10.8 Å². The maximum atomic E-state index is 2.66. The van der Waals surface area contributed by atoms with Crippen LogP contribution in [-0.4, -0.2) is 13.4 Å². The summed E-state index contributed by atoms with van der Waals surface area (Å²) in [6.07, 6.45) is 0. The van der Waals surface area contributed by atoms with Crippen molar-refractivity contribution in [2.45, 2.75) is 52.4 Å². The lowest BCUT2D eigenvalue weighted by atomic mass is 9.85. The largest absolute Gasteiger partial charge is 0.309 e. The van der Waals surface area contributed by atoms with E-state index in [0.717, 1.165) is 0 Å². The molecule has 0 aliphatic carbocycles. The van der Waals surface area contributed by atoms with Gasteiger partial charge in [-0.3, -0.25) is 0 Å². The third kappa shape index (κ3) is 4.81. The van der Waals surface area contributed by atoms with Crippen molar-refractivity contribution in [3.8, 4) is 16.8 Å². The molecule has 0 fully saturated rings. The molecular weight excluding hydrogens is 811 g/mol. The number of benzene rings is 10. The maximum absolute atomic E-state index is 2.66. The predicted octanol–water partition coefficient (Wildman–Crippen LogP) is 17.7. The van der Waals surface area contributed by atoms with E-state index in [1.165, 1.54) is 147 Å². The van der Waals surface area contributed by atoms with Gasteiger partial charge in [-0.2, -0.15) is 0 Å². The fraction of sp³-hybridized carbons (Fsp3) is 0.125. The number of rotatable bonds is 2. The Morgan fingerprint density at radius 3 is 1.46 bits per heavy atom. The molecule has 0 N–H and O–H groups in total. The van der Waals surface area contributed by atoms with Crippen molar-refractivity contribution < 1.29 is 0 Å². The first-order valence-corrected chi connectivity index (χ1v) is 23.8. The number of para-hydroxylation sites is 2. The molecule has 15 aromatic rings. The molecule has 15 rings (SSSR count). The molecule has 3 nitrogen and oxygen atoms in total. The van der Waals surface area contributed by atoms with Crippen molar-refractivity contribution in [1.29, 1.82) is 0 Å². The summed E-state index contributed by atoms with van der Waals surface area (Å²) in [6.45, 7) is 14.1. The Hall–Kier alpha value is -7.88. The highest BCUT2D eigenvalue weighted by Crippen LogP contribution is 2.50. The Morgan fingerprint density at radius 1 is 0.299 bits per heavy atom. The third-order valence-electron chi connectivity index (χ3n) is 15.5. The number of hydrogen-bond acceptors (Lipinski definition) is 0. The lowest BCUT2D eigenvalue weighted by Crippen LogP contribution is -2.10. The minimum Gasteiger partial charge on any atom is -0.309 e. The van der Waals surface area contributed by atoms with Crippen LogP contribution in [0.3, 0.4) is 0 Å². The smallest absolute Gasteiger partial charge is 0.0626 e. The lowest BCUT2D eigenvalue weighted by molar-refractivity contribution is 0.591. The number of fused-ring (bicyclic) bond motifs is 18. The van der Waals surface area contributed by atoms with Gasteiger partial charge in [0.05, 0.1) is 44.1 Å². The second-order valence-electron chi connectivity index (χ2n) is 21.4. The Kier molecular flexibility index (Phi) is 6.97. The summed E-state index contributed by atoms with van der Waals surface area (Å²) in [5.41, 5.74) is 16.5. The van der Waals surface area contributed by atoms with Gasteiger partial charge in [-0.25, -0.2) is 0 Å². The van der Waals surface area contributed by atoms with Crippen LogP contribution in [0.25, 0.3) is 136 Å². The van der Waals surface area contributed by atoms with Gasteiger partial charge in [0.2, 0.25) is 0 Å². The van der Waals surface area contributed by atoms with Crippen LogP contribution in [0.15, 0.2) is 176 Å². The second-order valence-corrected chi connectivity index (χ2v) is 21.4. The summed E-state index contributed by atoms with van der Waals surface area (Å²) in [5.74, 6) is 0.